The summed E-state index contributed by atoms with van der Waals surface area (Å²) in [6.07, 6.45) is 8.64. The van der Waals surface area contributed by atoms with Gasteiger partial charge in [-0.2, -0.15) is 12.6 Å². The summed E-state index contributed by atoms with van der Waals surface area (Å²) in [4.78, 5) is 0.327. The van der Waals surface area contributed by atoms with Gasteiger partial charge in [-0.15, -0.1) is 0 Å². The fraction of sp³-hybridized carbons (Fsp3) is 0.625. The average molecular weight is 328 g/mol. The van der Waals surface area contributed by atoms with E-state index >= 15 is 0 Å². The molecule has 2 rings (SSSR count). The average Bonchev–Trinajstić information content (AvgIpc) is 2.71. The second-order valence-corrected chi connectivity index (χ2v) is 8.44. The van der Waals surface area contributed by atoms with Crippen LogP contribution >= 0.6 is 12.6 Å². The summed E-state index contributed by atoms with van der Waals surface area (Å²) in [6, 6.07) is 6.68. The van der Waals surface area contributed by atoms with Crippen molar-refractivity contribution in [1.29, 1.82) is 0 Å². The van der Waals surface area contributed by atoms with Crippen molar-refractivity contribution in [2.45, 2.75) is 43.4 Å². The molecule has 1 saturated carbocycles. The summed E-state index contributed by atoms with van der Waals surface area (Å²) in [5.74, 6) is 1.57. The maximum atomic E-state index is 11.4. The molecular formula is C16H24O3S2. The normalized spacial score (nSPS) is 19.0. The molecule has 1 aliphatic carbocycles. The summed E-state index contributed by atoms with van der Waals surface area (Å²) >= 11 is 4.54. The second-order valence-electron chi connectivity index (χ2n) is 6.10. The molecular weight excluding hydrogens is 304 g/mol. The van der Waals surface area contributed by atoms with E-state index in [2.05, 4.69) is 12.6 Å². The molecule has 0 aliphatic heterocycles. The largest absolute Gasteiger partial charge is 0.493 e. The Labute approximate surface area is 133 Å². The first-order valence-electron chi connectivity index (χ1n) is 7.49. The summed E-state index contributed by atoms with van der Waals surface area (Å²) in [6.45, 7) is 0.661. The van der Waals surface area contributed by atoms with E-state index in [0.717, 1.165) is 24.3 Å². The standard InChI is InChI=1S/C16H24O3S2/c1-21(17,18)15-8-6-14(7-9-15)19-12-16(13-20)10-4-2-3-5-11-16/h6-9,20H,2-5,10-13H2,1H3. The van der Waals surface area contributed by atoms with Crippen LogP contribution in [0.25, 0.3) is 0 Å². The third-order valence-corrected chi connectivity index (χ3v) is 6.10. The molecule has 118 valence electrons. The van der Waals surface area contributed by atoms with Gasteiger partial charge in [0, 0.05) is 11.7 Å². The Balaban J connectivity index is 2.01. The van der Waals surface area contributed by atoms with E-state index in [9.17, 15) is 8.42 Å². The van der Waals surface area contributed by atoms with Crippen LogP contribution < -0.4 is 4.74 Å². The smallest absolute Gasteiger partial charge is 0.175 e. The molecule has 5 heteroatoms. The molecule has 0 aromatic heterocycles. The maximum Gasteiger partial charge on any atom is 0.175 e. The minimum Gasteiger partial charge on any atom is -0.493 e. The molecule has 1 fully saturated rings. The highest BCUT2D eigenvalue weighted by atomic mass is 32.2. The monoisotopic (exact) mass is 328 g/mol. The number of thiol groups is 1. The van der Waals surface area contributed by atoms with E-state index in [1.165, 1.54) is 31.9 Å². The highest BCUT2D eigenvalue weighted by molar-refractivity contribution is 7.90. The van der Waals surface area contributed by atoms with Gasteiger partial charge in [-0.3, -0.25) is 0 Å². The van der Waals surface area contributed by atoms with Crippen molar-refractivity contribution in [2.24, 2.45) is 5.41 Å². The van der Waals surface area contributed by atoms with Gasteiger partial charge in [0.15, 0.2) is 9.84 Å². The Hall–Kier alpha value is -0.680. The Morgan fingerprint density at radius 2 is 1.67 bits per heavy atom. The third kappa shape index (κ3) is 4.65. The van der Waals surface area contributed by atoms with Crippen molar-refractivity contribution in [1.82, 2.24) is 0 Å². The maximum absolute atomic E-state index is 11.4. The van der Waals surface area contributed by atoms with Gasteiger partial charge in [0.25, 0.3) is 0 Å². The Bertz CT molecular complexity index is 541. The van der Waals surface area contributed by atoms with Gasteiger partial charge in [0.1, 0.15) is 5.75 Å². The first kappa shape index (κ1) is 16.7. The van der Waals surface area contributed by atoms with E-state index in [4.69, 9.17) is 4.74 Å². The van der Waals surface area contributed by atoms with Crippen LogP contribution in [0.4, 0.5) is 0 Å². The van der Waals surface area contributed by atoms with Crippen molar-refractivity contribution in [3.63, 3.8) is 0 Å². The van der Waals surface area contributed by atoms with Crippen LogP contribution in [0.2, 0.25) is 0 Å². The quantitative estimate of drug-likeness (QED) is 0.661. The SMILES string of the molecule is CS(=O)(=O)c1ccc(OCC2(CS)CCCCCC2)cc1. The van der Waals surface area contributed by atoms with E-state index < -0.39 is 9.84 Å². The molecule has 0 unspecified atom stereocenters. The molecule has 1 aliphatic rings. The summed E-state index contributed by atoms with van der Waals surface area (Å²) in [5.41, 5.74) is 0.162. The highest BCUT2D eigenvalue weighted by Crippen LogP contribution is 2.36. The van der Waals surface area contributed by atoms with Gasteiger partial charge in [0.05, 0.1) is 11.5 Å². The fourth-order valence-corrected chi connectivity index (χ4v) is 3.88. The van der Waals surface area contributed by atoms with Crippen molar-refractivity contribution in [2.75, 3.05) is 18.6 Å². The summed E-state index contributed by atoms with van der Waals surface area (Å²) in [7, 11) is -3.14. The second kappa shape index (κ2) is 7.05. The minimum atomic E-state index is -3.14. The lowest BCUT2D eigenvalue weighted by molar-refractivity contribution is 0.148. The number of hydrogen-bond donors (Lipinski definition) is 1. The van der Waals surface area contributed by atoms with Crippen molar-refractivity contribution in [3.8, 4) is 5.75 Å². The number of hydrogen-bond acceptors (Lipinski definition) is 4. The number of rotatable bonds is 5. The molecule has 21 heavy (non-hydrogen) atoms. The Morgan fingerprint density at radius 1 is 1.10 bits per heavy atom. The van der Waals surface area contributed by atoms with Crippen LogP contribution in [-0.4, -0.2) is 27.0 Å². The minimum absolute atomic E-state index is 0.162. The van der Waals surface area contributed by atoms with E-state index in [-0.39, 0.29) is 5.41 Å². The summed E-state index contributed by atoms with van der Waals surface area (Å²) in [5, 5.41) is 0. The zero-order valence-corrected chi connectivity index (χ0v) is 14.3. The molecule has 0 atom stereocenters. The Morgan fingerprint density at radius 3 is 2.14 bits per heavy atom. The Kier molecular flexibility index (Phi) is 5.60. The molecule has 1 aromatic carbocycles. The van der Waals surface area contributed by atoms with E-state index in [1.54, 1.807) is 24.3 Å². The molecule has 0 bridgehead atoms. The van der Waals surface area contributed by atoms with E-state index in [1.807, 2.05) is 0 Å². The van der Waals surface area contributed by atoms with Crippen molar-refractivity contribution >= 4 is 22.5 Å². The predicted octanol–water partition coefficient (Wildman–Crippen LogP) is 3.74. The lowest BCUT2D eigenvalue weighted by atomic mass is 9.83. The van der Waals surface area contributed by atoms with Gasteiger partial charge in [-0.1, -0.05) is 25.7 Å². The topological polar surface area (TPSA) is 43.4 Å². The molecule has 0 amide bonds. The molecule has 0 N–H and O–H groups in total. The van der Waals surface area contributed by atoms with Gasteiger partial charge < -0.3 is 4.74 Å². The van der Waals surface area contributed by atoms with Crippen LogP contribution in [0.1, 0.15) is 38.5 Å². The zero-order valence-electron chi connectivity index (χ0n) is 12.5. The fourth-order valence-electron chi connectivity index (χ4n) is 2.85. The first-order chi connectivity index (χ1) is 9.95. The predicted molar refractivity (Wildman–Crippen MR) is 89.0 cm³/mol. The third-order valence-electron chi connectivity index (χ3n) is 4.30. The molecule has 1 aromatic rings. The molecule has 3 nitrogen and oxygen atoms in total. The van der Waals surface area contributed by atoms with Gasteiger partial charge in [0.2, 0.25) is 0 Å². The molecule has 0 radical (unpaired) electrons. The summed E-state index contributed by atoms with van der Waals surface area (Å²) < 4.78 is 28.8. The van der Waals surface area contributed by atoms with Crippen LogP contribution in [0.3, 0.4) is 0 Å². The number of sulfone groups is 1. The van der Waals surface area contributed by atoms with Crippen molar-refractivity contribution < 1.29 is 13.2 Å². The van der Waals surface area contributed by atoms with E-state index in [0.29, 0.717) is 11.5 Å². The number of benzene rings is 1. The zero-order chi connectivity index (χ0) is 15.3. The first-order valence-corrected chi connectivity index (χ1v) is 10.0. The van der Waals surface area contributed by atoms with Crippen LogP contribution in [0, 0.1) is 5.41 Å². The highest BCUT2D eigenvalue weighted by Gasteiger charge is 2.30. The lowest BCUT2D eigenvalue weighted by Gasteiger charge is -2.30. The van der Waals surface area contributed by atoms with Gasteiger partial charge >= 0.3 is 0 Å². The molecule has 0 heterocycles. The number of ether oxygens (including phenoxy) is 1. The van der Waals surface area contributed by atoms with Crippen LogP contribution in [0.15, 0.2) is 29.2 Å². The van der Waals surface area contributed by atoms with Crippen LogP contribution in [-0.2, 0) is 9.84 Å². The van der Waals surface area contributed by atoms with Gasteiger partial charge in [-0.05, 0) is 42.9 Å². The van der Waals surface area contributed by atoms with Crippen LogP contribution in [0.5, 0.6) is 5.75 Å². The lowest BCUT2D eigenvalue weighted by Crippen LogP contribution is -2.30. The van der Waals surface area contributed by atoms with Crippen molar-refractivity contribution in [3.05, 3.63) is 24.3 Å². The molecule has 0 saturated heterocycles. The van der Waals surface area contributed by atoms with Gasteiger partial charge in [-0.25, -0.2) is 8.42 Å². The molecule has 0 spiro atoms.